The summed E-state index contributed by atoms with van der Waals surface area (Å²) in [5.41, 5.74) is 5.56. The molecule has 7 nitrogen and oxygen atoms in total. The smallest absolute Gasteiger partial charge is 0.119 e. The molecule has 0 aliphatic carbocycles. The minimum absolute atomic E-state index is 0.126. The van der Waals surface area contributed by atoms with Crippen molar-refractivity contribution in [2.75, 3.05) is 26.3 Å². The van der Waals surface area contributed by atoms with Gasteiger partial charge in [-0.2, -0.15) is 5.10 Å². The van der Waals surface area contributed by atoms with Gasteiger partial charge >= 0.3 is 0 Å². The van der Waals surface area contributed by atoms with Crippen LogP contribution in [0.5, 0.6) is 5.75 Å². The van der Waals surface area contributed by atoms with E-state index < -0.39 is 6.10 Å². The zero-order valence-electron chi connectivity index (χ0n) is 22.8. The number of hydrogen-bond acceptors (Lipinski definition) is 5. The fourth-order valence-corrected chi connectivity index (χ4v) is 5.40. The monoisotopic (exact) mass is 526 g/mol. The van der Waals surface area contributed by atoms with Gasteiger partial charge in [-0.15, -0.1) is 0 Å². The van der Waals surface area contributed by atoms with Gasteiger partial charge in [-0.25, -0.2) is 0 Å². The maximum atomic E-state index is 11.2. The van der Waals surface area contributed by atoms with E-state index in [1.165, 1.54) is 10.8 Å². The van der Waals surface area contributed by atoms with Gasteiger partial charge in [0, 0.05) is 53.7 Å². The lowest BCUT2D eigenvalue weighted by Gasteiger charge is -2.26. The maximum absolute atomic E-state index is 11.2. The van der Waals surface area contributed by atoms with Crippen LogP contribution in [0.2, 0.25) is 0 Å². The second-order valence-electron chi connectivity index (χ2n) is 10.3. The van der Waals surface area contributed by atoms with Crippen molar-refractivity contribution in [2.24, 2.45) is 0 Å². The Bertz CT molecular complexity index is 1450. The van der Waals surface area contributed by atoms with E-state index in [2.05, 4.69) is 76.1 Å². The Labute approximate surface area is 229 Å². The number of aromatic nitrogens is 3. The Morgan fingerprint density at radius 3 is 2.21 bits per heavy atom. The van der Waals surface area contributed by atoms with Gasteiger partial charge in [0.15, 0.2) is 0 Å². The molecule has 0 aliphatic rings. The number of rotatable bonds is 13. The second-order valence-corrected chi connectivity index (χ2v) is 10.3. The van der Waals surface area contributed by atoms with E-state index >= 15 is 0 Å². The summed E-state index contributed by atoms with van der Waals surface area (Å²) >= 11 is 0. The third kappa shape index (κ3) is 6.50. The number of ether oxygens (including phenoxy) is 1. The van der Waals surface area contributed by atoms with E-state index in [1.54, 1.807) is 0 Å². The van der Waals surface area contributed by atoms with Crippen LogP contribution in [-0.4, -0.2) is 61.9 Å². The van der Waals surface area contributed by atoms with Crippen molar-refractivity contribution in [1.29, 1.82) is 0 Å². The largest absolute Gasteiger partial charge is 0.492 e. The Hall–Kier alpha value is -3.65. The van der Waals surface area contributed by atoms with Crippen LogP contribution in [0, 0.1) is 13.8 Å². The molecule has 5 aromatic rings. The Kier molecular flexibility index (Phi) is 8.61. The number of nitrogens with zero attached hydrogens (tertiary/aromatic N) is 4. The molecule has 0 saturated heterocycles. The molecule has 2 N–H and O–H groups in total. The maximum Gasteiger partial charge on any atom is 0.119 e. The summed E-state index contributed by atoms with van der Waals surface area (Å²) in [5, 5.41) is 27.5. The number of aliphatic hydroxyl groups is 2. The van der Waals surface area contributed by atoms with Gasteiger partial charge in [0.2, 0.25) is 0 Å². The summed E-state index contributed by atoms with van der Waals surface area (Å²) in [6.07, 6.45) is 0.107. The average Bonchev–Trinajstić information content (AvgIpc) is 3.43. The molecule has 5 rings (SSSR count). The second kappa shape index (κ2) is 12.5. The van der Waals surface area contributed by atoms with Gasteiger partial charge in [-0.1, -0.05) is 48.5 Å². The lowest BCUT2D eigenvalue weighted by Crippen LogP contribution is -2.35. The van der Waals surface area contributed by atoms with Crippen LogP contribution in [0.1, 0.15) is 23.4 Å². The van der Waals surface area contributed by atoms with Gasteiger partial charge in [0.25, 0.3) is 0 Å². The van der Waals surface area contributed by atoms with Crippen LogP contribution in [0.3, 0.4) is 0 Å². The molecule has 3 aromatic carbocycles. The van der Waals surface area contributed by atoms with Crippen LogP contribution >= 0.6 is 0 Å². The van der Waals surface area contributed by atoms with E-state index in [0.29, 0.717) is 45.8 Å². The third-order valence-electron chi connectivity index (χ3n) is 7.18. The molecule has 0 aliphatic heterocycles. The summed E-state index contributed by atoms with van der Waals surface area (Å²) in [6, 6.07) is 26.9. The molecule has 2 heterocycles. The zero-order chi connectivity index (χ0) is 27.2. The minimum atomic E-state index is -0.556. The summed E-state index contributed by atoms with van der Waals surface area (Å²) in [7, 11) is 0. The van der Waals surface area contributed by atoms with Gasteiger partial charge in [0.05, 0.1) is 24.9 Å². The van der Waals surface area contributed by atoms with Crippen LogP contribution in [0.25, 0.3) is 21.8 Å². The van der Waals surface area contributed by atoms with Crippen molar-refractivity contribution in [3.8, 4) is 5.75 Å². The van der Waals surface area contributed by atoms with Gasteiger partial charge in [0.1, 0.15) is 12.4 Å². The highest BCUT2D eigenvalue weighted by Crippen LogP contribution is 2.29. The van der Waals surface area contributed by atoms with Crippen molar-refractivity contribution in [3.05, 3.63) is 95.8 Å². The van der Waals surface area contributed by atoms with Crippen LogP contribution in [-0.2, 0) is 19.6 Å². The van der Waals surface area contributed by atoms with E-state index in [0.717, 1.165) is 33.7 Å². The van der Waals surface area contributed by atoms with Crippen molar-refractivity contribution in [1.82, 2.24) is 19.2 Å². The van der Waals surface area contributed by atoms with E-state index in [1.807, 2.05) is 35.9 Å². The third-order valence-corrected chi connectivity index (χ3v) is 7.18. The Morgan fingerprint density at radius 2 is 1.59 bits per heavy atom. The van der Waals surface area contributed by atoms with Gasteiger partial charge < -0.3 is 19.5 Å². The first-order valence-corrected chi connectivity index (χ1v) is 13.7. The molecular weight excluding hydrogens is 488 g/mol. The first-order valence-electron chi connectivity index (χ1n) is 13.7. The molecule has 0 bridgehead atoms. The quantitative estimate of drug-likeness (QED) is 0.228. The summed E-state index contributed by atoms with van der Waals surface area (Å²) in [6.45, 7) is 7.86. The lowest BCUT2D eigenvalue weighted by molar-refractivity contribution is 0.0921. The van der Waals surface area contributed by atoms with E-state index in [9.17, 15) is 10.2 Å². The number of fused-ring (bicyclic) bond motifs is 3. The van der Waals surface area contributed by atoms with E-state index in [4.69, 9.17) is 4.74 Å². The highest BCUT2D eigenvalue weighted by atomic mass is 16.5. The molecule has 0 amide bonds. The molecule has 39 heavy (non-hydrogen) atoms. The predicted molar refractivity (Wildman–Crippen MR) is 156 cm³/mol. The summed E-state index contributed by atoms with van der Waals surface area (Å²) in [5.74, 6) is 0.827. The fraction of sp³-hybridized carbons (Fsp3) is 0.344. The first-order chi connectivity index (χ1) is 19.0. The van der Waals surface area contributed by atoms with Gasteiger partial charge in [-0.3, -0.25) is 9.58 Å². The standard InChI is InChI=1S/C32H38N4O3/c1-24-20-25(2)36(33-24)17-19-39-28-14-12-26(13-15-28)21-34(16-7-18-37)22-27(38)23-35-31-10-5-3-8-29(31)30-9-4-6-11-32(30)35/h3-6,8-15,20,27,37-38H,7,16-19,21-23H2,1-2H3. The number of para-hydroxylation sites is 2. The van der Waals surface area contributed by atoms with Crippen molar-refractivity contribution >= 4 is 21.8 Å². The molecule has 204 valence electrons. The normalized spacial score (nSPS) is 12.5. The molecule has 1 atom stereocenters. The van der Waals surface area contributed by atoms with Crippen molar-refractivity contribution < 1.29 is 14.9 Å². The first kappa shape index (κ1) is 26.9. The van der Waals surface area contributed by atoms with Gasteiger partial charge in [-0.05, 0) is 56.2 Å². The Balaban J connectivity index is 1.21. The highest BCUT2D eigenvalue weighted by molar-refractivity contribution is 6.07. The minimum Gasteiger partial charge on any atom is -0.492 e. The van der Waals surface area contributed by atoms with Crippen LogP contribution < -0.4 is 4.74 Å². The zero-order valence-corrected chi connectivity index (χ0v) is 22.8. The molecule has 0 radical (unpaired) electrons. The van der Waals surface area contributed by atoms with Crippen molar-refractivity contribution in [2.45, 2.75) is 46.0 Å². The van der Waals surface area contributed by atoms with Crippen LogP contribution in [0.4, 0.5) is 0 Å². The highest BCUT2D eigenvalue weighted by Gasteiger charge is 2.17. The number of benzene rings is 3. The van der Waals surface area contributed by atoms with Crippen LogP contribution in [0.15, 0.2) is 78.9 Å². The SMILES string of the molecule is Cc1cc(C)n(CCOc2ccc(CN(CCCO)CC(O)Cn3c4ccccc4c4ccccc43)cc2)n1. The average molecular weight is 527 g/mol. The van der Waals surface area contributed by atoms with E-state index in [-0.39, 0.29) is 6.61 Å². The lowest BCUT2D eigenvalue weighted by atomic mass is 10.2. The fourth-order valence-electron chi connectivity index (χ4n) is 5.40. The topological polar surface area (TPSA) is 75.7 Å². The number of hydrogen-bond donors (Lipinski definition) is 2. The molecule has 2 aromatic heterocycles. The molecule has 0 saturated carbocycles. The molecule has 1 unspecified atom stereocenters. The predicted octanol–water partition coefficient (Wildman–Crippen LogP) is 4.93. The van der Waals surface area contributed by atoms with Crippen molar-refractivity contribution in [3.63, 3.8) is 0 Å². The molecule has 7 heteroatoms. The molecule has 0 spiro atoms. The summed E-state index contributed by atoms with van der Waals surface area (Å²) in [4.78, 5) is 2.22. The Morgan fingerprint density at radius 1 is 0.923 bits per heavy atom. The summed E-state index contributed by atoms with van der Waals surface area (Å²) < 4.78 is 10.1. The number of aliphatic hydroxyl groups excluding tert-OH is 2. The molecule has 0 fully saturated rings. The molecular formula is C32H38N4O3. The number of aryl methyl sites for hydroxylation is 2.